The minimum absolute atomic E-state index is 0.471. The highest BCUT2D eigenvalue weighted by Crippen LogP contribution is 2.41. The van der Waals surface area contributed by atoms with Crippen LogP contribution in [0.25, 0.3) is 139 Å². The van der Waals surface area contributed by atoms with Crippen molar-refractivity contribution in [1.29, 1.82) is 15.8 Å². The molecular formula is C73H42N8. The van der Waals surface area contributed by atoms with Crippen molar-refractivity contribution in [3.8, 4) is 91.4 Å². The van der Waals surface area contributed by atoms with E-state index in [1.54, 1.807) is 18.2 Å². The topological polar surface area (TPSA) is 112 Å². The van der Waals surface area contributed by atoms with Crippen molar-refractivity contribution in [3.63, 3.8) is 0 Å². The third-order valence-corrected chi connectivity index (χ3v) is 15.8. The number of nitrogens with zero attached hydrogens (tertiary/aromatic N) is 8. The molecule has 15 rings (SSSR count). The first-order chi connectivity index (χ1) is 40.0. The van der Waals surface area contributed by atoms with Crippen LogP contribution in [0.3, 0.4) is 0 Å². The standard InChI is InChI=1S/C73H42N8/c74-43-46-11-9-13-52(37-46)66-42-65(77-73(78-66)53-14-10-12-47(38-53)44-75)50-25-23-48(24-26-50)51-29-34-58(54(39-51)45-76)49-27-30-55(31-28-49)79-71-35-32-56(80-67-19-5-1-15-59(67)60-16-2-6-20-68(60)80)40-63(71)64-41-57(33-36-72(64)79)81-69-21-7-3-17-61(69)62-18-4-8-22-70(62)81/h1-42H. The van der Waals surface area contributed by atoms with Crippen molar-refractivity contribution in [2.45, 2.75) is 0 Å². The maximum atomic E-state index is 10.7. The van der Waals surface area contributed by atoms with E-state index in [0.29, 0.717) is 39.5 Å². The second-order valence-corrected chi connectivity index (χ2v) is 20.3. The first-order valence-corrected chi connectivity index (χ1v) is 26.7. The predicted molar refractivity (Wildman–Crippen MR) is 326 cm³/mol. The van der Waals surface area contributed by atoms with E-state index in [4.69, 9.17) is 9.97 Å². The quantitative estimate of drug-likeness (QED) is 0.150. The van der Waals surface area contributed by atoms with Gasteiger partial charge in [-0.1, -0.05) is 146 Å². The third-order valence-electron chi connectivity index (χ3n) is 15.8. The van der Waals surface area contributed by atoms with Gasteiger partial charge in [-0.25, -0.2) is 9.97 Å². The van der Waals surface area contributed by atoms with Crippen LogP contribution in [0, 0.1) is 34.0 Å². The summed E-state index contributed by atoms with van der Waals surface area (Å²) >= 11 is 0. The number of hydrogen-bond acceptors (Lipinski definition) is 5. The van der Waals surface area contributed by atoms with Crippen molar-refractivity contribution < 1.29 is 0 Å². The van der Waals surface area contributed by atoms with Crippen molar-refractivity contribution in [3.05, 3.63) is 271 Å². The van der Waals surface area contributed by atoms with Gasteiger partial charge in [-0.15, -0.1) is 0 Å². The summed E-state index contributed by atoms with van der Waals surface area (Å²) in [5.41, 5.74) is 19.0. The molecule has 0 aliphatic carbocycles. The highest BCUT2D eigenvalue weighted by molar-refractivity contribution is 6.14. The number of benzene rings is 11. The van der Waals surface area contributed by atoms with Crippen LogP contribution in [0.1, 0.15) is 16.7 Å². The Hall–Kier alpha value is -11.6. The lowest BCUT2D eigenvalue weighted by Crippen LogP contribution is -1.97. The van der Waals surface area contributed by atoms with Crippen LogP contribution in [-0.4, -0.2) is 23.7 Å². The van der Waals surface area contributed by atoms with Crippen molar-refractivity contribution in [2.24, 2.45) is 0 Å². The first-order valence-electron chi connectivity index (χ1n) is 26.7. The van der Waals surface area contributed by atoms with Gasteiger partial charge in [-0.2, -0.15) is 15.8 Å². The third kappa shape index (κ3) is 7.73. The van der Waals surface area contributed by atoms with E-state index in [1.807, 2.05) is 72.8 Å². The molecule has 0 bridgehead atoms. The van der Waals surface area contributed by atoms with Crippen LogP contribution in [0.2, 0.25) is 0 Å². The van der Waals surface area contributed by atoms with Gasteiger partial charge in [0.25, 0.3) is 0 Å². The van der Waals surface area contributed by atoms with Crippen LogP contribution in [-0.2, 0) is 0 Å². The van der Waals surface area contributed by atoms with Crippen LogP contribution >= 0.6 is 0 Å². The molecule has 0 saturated heterocycles. The van der Waals surface area contributed by atoms with Gasteiger partial charge >= 0.3 is 0 Å². The highest BCUT2D eigenvalue weighted by Gasteiger charge is 2.20. The van der Waals surface area contributed by atoms with Gasteiger partial charge in [0.15, 0.2) is 5.82 Å². The van der Waals surface area contributed by atoms with Crippen LogP contribution < -0.4 is 0 Å². The van der Waals surface area contributed by atoms with Gasteiger partial charge < -0.3 is 13.7 Å². The summed E-state index contributed by atoms with van der Waals surface area (Å²) in [4.78, 5) is 9.87. The number of aromatic nitrogens is 5. The maximum absolute atomic E-state index is 10.7. The first kappa shape index (κ1) is 46.7. The Morgan fingerprint density at radius 2 is 0.691 bits per heavy atom. The highest BCUT2D eigenvalue weighted by atomic mass is 15.0. The lowest BCUT2D eigenvalue weighted by atomic mass is 9.94. The molecule has 374 valence electrons. The zero-order valence-electron chi connectivity index (χ0n) is 43.3. The van der Waals surface area contributed by atoms with E-state index in [0.717, 1.165) is 94.3 Å². The minimum atomic E-state index is 0.471. The summed E-state index contributed by atoms with van der Waals surface area (Å²) in [7, 11) is 0. The average Bonchev–Trinajstić information content (AvgIpc) is 4.32. The molecule has 4 heterocycles. The van der Waals surface area contributed by atoms with Crippen LogP contribution in [0.5, 0.6) is 0 Å². The average molecular weight is 1030 g/mol. The Morgan fingerprint density at radius 1 is 0.272 bits per heavy atom. The van der Waals surface area contributed by atoms with Crippen LogP contribution in [0.4, 0.5) is 0 Å². The number of rotatable bonds is 8. The molecule has 0 fully saturated rings. The summed E-state index contributed by atoms with van der Waals surface area (Å²) in [5, 5.41) is 37.2. The molecule has 15 aromatic rings. The monoisotopic (exact) mass is 1030 g/mol. The van der Waals surface area contributed by atoms with Gasteiger partial charge in [0.1, 0.15) is 0 Å². The Bertz CT molecular complexity index is 4860. The SMILES string of the molecule is N#Cc1cccc(-c2cc(-c3ccc(-c4ccc(-c5ccc(-n6c7ccc(-n8c9ccccc9c9ccccc98)cc7c7cc(-n8c9ccccc9c9ccccc98)ccc76)cc5)c(C#N)c4)cc3)nc(-c3cccc(C#N)c3)n2)c1. The summed E-state index contributed by atoms with van der Waals surface area (Å²) in [6.07, 6.45) is 0. The lowest BCUT2D eigenvalue weighted by Gasteiger charge is -2.13. The zero-order chi connectivity index (χ0) is 54.1. The minimum Gasteiger partial charge on any atom is -0.309 e. The van der Waals surface area contributed by atoms with Crippen molar-refractivity contribution >= 4 is 65.4 Å². The fourth-order valence-electron chi connectivity index (χ4n) is 12.0. The van der Waals surface area contributed by atoms with E-state index in [1.165, 1.54) is 21.5 Å². The fraction of sp³-hybridized carbons (Fsp3) is 0. The normalized spacial score (nSPS) is 11.4. The summed E-state index contributed by atoms with van der Waals surface area (Å²) in [5.74, 6) is 0.471. The molecular weight excluding hydrogens is 989 g/mol. The smallest absolute Gasteiger partial charge is 0.160 e. The Balaban J connectivity index is 0.800. The van der Waals surface area contributed by atoms with E-state index in [9.17, 15) is 15.8 Å². The Labute approximate surface area is 465 Å². The number of fused-ring (bicyclic) bond motifs is 9. The maximum Gasteiger partial charge on any atom is 0.160 e. The summed E-state index contributed by atoms with van der Waals surface area (Å²) in [6.45, 7) is 0. The van der Waals surface area contributed by atoms with E-state index in [-0.39, 0.29) is 0 Å². The predicted octanol–water partition coefficient (Wildman–Crippen LogP) is 17.7. The van der Waals surface area contributed by atoms with E-state index < -0.39 is 0 Å². The molecule has 0 atom stereocenters. The summed E-state index contributed by atoms with van der Waals surface area (Å²) < 4.78 is 7.13. The second kappa shape index (κ2) is 18.8. The van der Waals surface area contributed by atoms with Crippen molar-refractivity contribution in [2.75, 3.05) is 0 Å². The molecule has 0 aliphatic rings. The molecule has 0 amide bonds. The van der Waals surface area contributed by atoms with Gasteiger partial charge in [-0.05, 0) is 131 Å². The molecule has 8 nitrogen and oxygen atoms in total. The molecule has 0 N–H and O–H groups in total. The Kier molecular flexibility index (Phi) is 10.8. The molecule has 0 unspecified atom stereocenters. The number of nitriles is 3. The van der Waals surface area contributed by atoms with Crippen LogP contribution in [0.15, 0.2) is 255 Å². The molecule has 0 spiro atoms. The summed E-state index contributed by atoms with van der Waals surface area (Å²) in [6, 6.07) is 94.5. The van der Waals surface area contributed by atoms with Gasteiger partial charge in [0.05, 0.1) is 79.4 Å². The Morgan fingerprint density at radius 3 is 1.21 bits per heavy atom. The largest absolute Gasteiger partial charge is 0.309 e. The van der Waals surface area contributed by atoms with E-state index >= 15 is 0 Å². The van der Waals surface area contributed by atoms with Gasteiger partial charge in [0.2, 0.25) is 0 Å². The number of para-hydroxylation sites is 4. The van der Waals surface area contributed by atoms with E-state index in [2.05, 4.69) is 196 Å². The molecule has 0 saturated carbocycles. The molecule has 11 aromatic carbocycles. The van der Waals surface area contributed by atoms with Gasteiger partial charge in [0, 0.05) is 66.1 Å². The second-order valence-electron chi connectivity index (χ2n) is 20.3. The molecule has 4 aromatic heterocycles. The zero-order valence-corrected chi connectivity index (χ0v) is 43.3. The molecule has 81 heavy (non-hydrogen) atoms. The molecule has 8 heteroatoms. The van der Waals surface area contributed by atoms with Gasteiger partial charge in [-0.3, -0.25) is 0 Å². The number of hydrogen-bond donors (Lipinski definition) is 0. The van der Waals surface area contributed by atoms with Crippen molar-refractivity contribution in [1.82, 2.24) is 23.7 Å². The molecule has 0 aliphatic heterocycles. The lowest BCUT2D eigenvalue weighted by molar-refractivity contribution is 1.16. The molecule has 0 radical (unpaired) electrons. The fourth-order valence-corrected chi connectivity index (χ4v) is 12.0.